The lowest BCUT2D eigenvalue weighted by Gasteiger charge is -2.25. The summed E-state index contributed by atoms with van der Waals surface area (Å²) in [4.78, 5) is 2.06. The molecule has 0 radical (unpaired) electrons. The van der Waals surface area contributed by atoms with Crippen LogP contribution in [0, 0.1) is 18.3 Å². The van der Waals surface area contributed by atoms with Crippen molar-refractivity contribution in [1.82, 2.24) is 9.78 Å². The highest BCUT2D eigenvalue weighted by atomic mass is 15.4. The van der Waals surface area contributed by atoms with Gasteiger partial charge in [0.2, 0.25) is 0 Å². The third-order valence-electron chi connectivity index (χ3n) is 3.22. The van der Waals surface area contributed by atoms with Gasteiger partial charge in [-0.15, -0.1) is 0 Å². The van der Waals surface area contributed by atoms with E-state index in [2.05, 4.69) is 16.1 Å². The van der Waals surface area contributed by atoms with Gasteiger partial charge in [0, 0.05) is 18.8 Å². The Hall–Kier alpha value is -2.48. The van der Waals surface area contributed by atoms with Crippen LogP contribution >= 0.6 is 0 Å². The molecule has 1 heterocycles. The molecule has 5 heteroatoms. The van der Waals surface area contributed by atoms with Gasteiger partial charge in [-0.1, -0.05) is 18.2 Å². The Bertz CT molecular complexity index is 609. The summed E-state index contributed by atoms with van der Waals surface area (Å²) in [6, 6.07) is 12.1. The van der Waals surface area contributed by atoms with Crippen molar-refractivity contribution < 1.29 is 0 Å². The standard InChI is InChI=1S/C15H19N5/c1-3-20-15(14(17)12(2)18-20)19(11-7-10-16)13-8-5-4-6-9-13/h4-6,8-9H,3,7,11,17H2,1-2H3. The van der Waals surface area contributed by atoms with Crippen LogP contribution in [0.5, 0.6) is 0 Å². The summed E-state index contributed by atoms with van der Waals surface area (Å²) in [6.45, 7) is 5.26. The minimum Gasteiger partial charge on any atom is -0.394 e. The fourth-order valence-corrected chi connectivity index (χ4v) is 2.22. The maximum atomic E-state index is 8.88. The van der Waals surface area contributed by atoms with Gasteiger partial charge in [0.05, 0.1) is 23.9 Å². The zero-order valence-electron chi connectivity index (χ0n) is 11.9. The summed E-state index contributed by atoms with van der Waals surface area (Å²) >= 11 is 0. The molecule has 20 heavy (non-hydrogen) atoms. The Kier molecular flexibility index (Phi) is 4.26. The first-order valence-electron chi connectivity index (χ1n) is 6.71. The van der Waals surface area contributed by atoms with Gasteiger partial charge >= 0.3 is 0 Å². The number of aryl methyl sites for hydroxylation is 2. The zero-order valence-corrected chi connectivity index (χ0v) is 11.9. The van der Waals surface area contributed by atoms with Crippen molar-refractivity contribution in [2.24, 2.45) is 0 Å². The van der Waals surface area contributed by atoms with E-state index in [-0.39, 0.29) is 0 Å². The van der Waals surface area contributed by atoms with E-state index in [9.17, 15) is 0 Å². The highest BCUT2D eigenvalue weighted by Gasteiger charge is 2.19. The van der Waals surface area contributed by atoms with Crippen molar-refractivity contribution in [3.8, 4) is 6.07 Å². The van der Waals surface area contributed by atoms with Crippen LogP contribution in [0.4, 0.5) is 17.2 Å². The molecule has 5 nitrogen and oxygen atoms in total. The Labute approximate surface area is 119 Å². The Morgan fingerprint density at radius 2 is 2.05 bits per heavy atom. The van der Waals surface area contributed by atoms with E-state index in [0.717, 1.165) is 23.7 Å². The summed E-state index contributed by atoms with van der Waals surface area (Å²) in [7, 11) is 0. The fourth-order valence-electron chi connectivity index (χ4n) is 2.22. The number of rotatable bonds is 5. The predicted octanol–water partition coefficient (Wildman–Crippen LogP) is 2.85. The number of hydrogen-bond acceptors (Lipinski definition) is 4. The van der Waals surface area contributed by atoms with Gasteiger partial charge in [0.15, 0.2) is 5.82 Å². The molecule has 0 saturated carbocycles. The number of nitrogen functional groups attached to an aromatic ring is 1. The van der Waals surface area contributed by atoms with E-state index >= 15 is 0 Å². The number of benzene rings is 1. The first-order valence-corrected chi connectivity index (χ1v) is 6.71. The van der Waals surface area contributed by atoms with Gasteiger partial charge < -0.3 is 10.6 Å². The molecule has 0 atom stereocenters. The van der Waals surface area contributed by atoms with E-state index in [1.807, 2.05) is 48.9 Å². The monoisotopic (exact) mass is 269 g/mol. The molecular formula is C15H19N5. The van der Waals surface area contributed by atoms with E-state index < -0.39 is 0 Å². The first kappa shape index (κ1) is 13.9. The smallest absolute Gasteiger partial charge is 0.155 e. The molecule has 2 rings (SSSR count). The molecule has 104 valence electrons. The van der Waals surface area contributed by atoms with Gasteiger partial charge in [0.1, 0.15) is 0 Å². The number of nitriles is 1. The van der Waals surface area contributed by atoms with Crippen molar-refractivity contribution in [1.29, 1.82) is 5.26 Å². The van der Waals surface area contributed by atoms with E-state index in [1.165, 1.54) is 0 Å². The number of para-hydroxylation sites is 1. The van der Waals surface area contributed by atoms with Crippen molar-refractivity contribution in [3.05, 3.63) is 36.0 Å². The van der Waals surface area contributed by atoms with Gasteiger partial charge in [-0.3, -0.25) is 0 Å². The Morgan fingerprint density at radius 3 is 2.65 bits per heavy atom. The Morgan fingerprint density at radius 1 is 1.35 bits per heavy atom. The minimum absolute atomic E-state index is 0.433. The third-order valence-corrected chi connectivity index (χ3v) is 3.22. The molecule has 0 aliphatic heterocycles. The van der Waals surface area contributed by atoms with E-state index in [0.29, 0.717) is 18.7 Å². The molecular weight excluding hydrogens is 250 g/mol. The molecule has 0 saturated heterocycles. The second kappa shape index (κ2) is 6.11. The summed E-state index contributed by atoms with van der Waals surface area (Å²) in [5.41, 5.74) is 8.69. The average molecular weight is 269 g/mol. The van der Waals surface area contributed by atoms with Crippen LogP contribution < -0.4 is 10.6 Å². The van der Waals surface area contributed by atoms with Crippen LogP contribution in [0.2, 0.25) is 0 Å². The molecule has 0 unspecified atom stereocenters. The van der Waals surface area contributed by atoms with Crippen molar-refractivity contribution in [3.63, 3.8) is 0 Å². The van der Waals surface area contributed by atoms with Crippen molar-refractivity contribution >= 4 is 17.2 Å². The SMILES string of the molecule is CCn1nc(C)c(N)c1N(CCC#N)c1ccccc1. The number of aromatic nitrogens is 2. The minimum atomic E-state index is 0.433. The molecule has 1 aromatic carbocycles. The summed E-state index contributed by atoms with van der Waals surface area (Å²) in [5.74, 6) is 0.867. The average Bonchev–Trinajstić information content (AvgIpc) is 2.77. The molecule has 0 spiro atoms. The Balaban J connectivity index is 2.50. The van der Waals surface area contributed by atoms with Crippen molar-refractivity contribution in [2.45, 2.75) is 26.8 Å². The van der Waals surface area contributed by atoms with Crippen LogP contribution in [0.15, 0.2) is 30.3 Å². The first-order chi connectivity index (χ1) is 9.69. The van der Waals surface area contributed by atoms with Gasteiger partial charge in [-0.2, -0.15) is 10.4 Å². The lowest BCUT2D eigenvalue weighted by Crippen LogP contribution is -2.22. The lowest BCUT2D eigenvalue weighted by atomic mass is 10.2. The fraction of sp³-hybridized carbons (Fsp3) is 0.333. The van der Waals surface area contributed by atoms with Crippen LogP contribution in [0.1, 0.15) is 19.0 Å². The van der Waals surface area contributed by atoms with Gasteiger partial charge in [0.25, 0.3) is 0 Å². The topological polar surface area (TPSA) is 70.9 Å². The van der Waals surface area contributed by atoms with Crippen LogP contribution in [-0.2, 0) is 6.54 Å². The summed E-state index contributed by atoms with van der Waals surface area (Å²) in [5, 5.41) is 13.3. The molecule has 1 aromatic heterocycles. The van der Waals surface area contributed by atoms with Crippen LogP contribution in [0.25, 0.3) is 0 Å². The highest BCUT2D eigenvalue weighted by molar-refractivity contribution is 5.73. The zero-order chi connectivity index (χ0) is 14.5. The molecule has 0 bridgehead atoms. The predicted molar refractivity (Wildman–Crippen MR) is 80.7 cm³/mol. The quantitative estimate of drug-likeness (QED) is 0.906. The van der Waals surface area contributed by atoms with Crippen molar-refractivity contribution in [2.75, 3.05) is 17.2 Å². The molecule has 0 amide bonds. The maximum Gasteiger partial charge on any atom is 0.155 e. The highest BCUT2D eigenvalue weighted by Crippen LogP contribution is 2.32. The van der Waals surface area contributed by atoms with Gasteiger partial charge in [-0.25, -0.2) is 4.68 Å². The van der Waals surface area contributed by atoms with E-state index in [4.69, 9.17) is 11.0 Å². The molecule has 2 aromatic rings. The number of nitrogens with two attached hydrogens (primary N) is 1. The molecule has 0 aliphatic carbocycles. The molecule has 0 aliphatic rings. The van der Waals surface area contributed by atoms with E-state index in [1.54, 1.807) is 0 Å². The number of nitrogens with zero attached hydrogens (tertiary/aromatic N) is 4. The number of hydrogen-bond donors (Lipinski definition) is 1. The second-order valence-corrected chi connectivity index (χ2v) is 4.53. The van der Waals surface area contributed by atoms with Crippen LogP contribution in [0.3, 0.4) is 0 Å². The summed E-state index contributed by atoms with van der Waals surface area (Å²) in [6.07, 6.45) is 0.433. The molecule has 0 fully saturated rings. The molecule has 2 N–H and O–H groups in total. The van der Waals surface area contributed by atoms with Gasteiger partial charge in [-0.05, 0) is 26.0 Å². The summed E-state index contributed by atoms with van der Waals surface area (Å²) < 4.78 is 1.88. The van der Waals surface area contributed by atoms with Crippen LogP contribution in [-0.4, -0.2) is 16.3 Å². The second-order valence-electron chi connectivity index (χ2n) is 4.53. The normalized spacial score (nSPS) is 10.2. The number of anilines is 3. The lowest BCUT2D eigenvalue weighted by molar-refractivity contribution is 0.646. The largest absolute Gasteiger partial charge is 0.394 e. The maximum absolute atomic E-state index is 8.88. The third kappa shape index (κ3) is 2.59.